The van der Waals surface area contributed by atoms with E-state index in [4.69, 9.17) is 5.11 Å². The number of carboxylic acids is 1. The first-order chi connectivity index (χ1) is 9.66. The molecular formula is C13H14F3NO4. The average Bonchev–Trinajstić information content (AvgIpc) is 2.37. The zero-order chi connectivity index (χ0) is 16.2. The topological polar surface area (TPSA) is 86.6 Å². The lowest BCUT2D eigenvalue weighted by Crippen LogP contribution is -2.43. The number of amides is 1. The highest BCUT2D eigenvalue weighted by atomic mass is 19.4. The van der Waals surface area contributed by atoms with Crippen LogP contribution in [0.4, 0.5) is 13.2 Å². The van der Waals surface area contributed by atoms with Gasteiger partial charge in [-0.15, -0.1) is 0 Å². The van der Waals surface area contributed by atoms with Crippen molar-refractivity contribution >= 4 is 11.9 Å². The number of rotatable bonds is 5. The Morgan fingerprint density at radius 3 is 2.14 bits per heavy atom. The van der Waals surface area contributed by atoms with Gasteiger partial charge in [0.05, 0.1) is 12.0 Å². The van der Waals surface area contributed by atoms with E-state index in [9.17, 15) is 27.9 Å². The molecule has 0 saturated carbocycles. The van der Waals surface area contributed by atoms with Crippen LogP contribution in [0.25, 0.3) is 0 Å². The second-order valence-corrected chi connectivity index (χ2v) is 4.39. The SMILES string of the molecule is CCC(C(=O)O)C(NC(=O)C(F)(F)F)c1ccc(O)cc1. The molecule has 1 aromatic carbocycles. The van der Waals surface area contributed by atoms with Gasteiger partial charge in [-0.2, -0.15) is 13.2 Å². The molecule has 2 atom stereocenters. The van der Waals surface area contributed by atoms with E-state index < -0.39 is 30.0 Å². The minimum Gasteiger partial charge on any atom is -0.508 e. The van der Waals surface area contributed by atoms with Gasteiger partial charge in [-0.1, -0.05) is 19.1 Å². The first-order valence-electron chi connectivity index (χ1n) is 6.06. The van der Waals surface area contributed by atoms with E-state index in [0.29, 0.717) is 0 Å². The van der Waals surface area contributed by atoms with Crippen LogP contribution in [0, 0.1) is 5.92 Å². The van der Waals surface area contributed by atoms with Crippen LogP contribution >= 0.6 is 0 Å². The maximum Gasteiger partial charge on any atom is 0.471 e. The fourth-order valence-electron chi connectivity index (χ4n) is 1.87. The van der Waals surface area contributed by atoms with Gasteiger partial charge < -0.3 is 15.5 Å². The summed E-state index contributed by atoms with van der Waals surface area (Å²) in [7, 11) is 0. The number of phenolic OH excluding ortho intramolecular Hbond substituents is 1. The highest BCUT2D eigenvalue weighted by Crippen LogP contribution is 2.28. The van der Waals surface area contributed by atoms with Crippen LogP contribution in [-0.2, 0) is 9.59 Å². The van der Waals surface area contributed by atoms with E-state index in [1.165, 1.54) is 31.2 Å². The molecule has 0 fully saturated rings. The van der Waals surface area contributed by atoms with Crippen molar-refractivity contribution < 1.29 is 33.0 Å². The molecule has 2 unspecified atom stereocenters. The number of aromatic hydroxyl groups is 1. The number of aliphatic carboxylic acids is 1. The lowest BCUT2D eigenvalue weighted by molar-refractivity contribution is -0.175. The van der Waals surface area contributed by atoms with Crippen molar-refractivity contribution in [1.82, 2.24) is 5.32 Å². The van der Waals surface area contributed by atoms with Crippen molar-refractivity contribution in [3.63, 3.8) is 0 Å². The summed E-state index contributed by atoms with van der Waals surface area (Å²) < 4.78 is 37.1. The van der Waals surface area contributed by atoms with Crippen molar-refractivity contribution in [2.75, 3.05) is 0 Å². The molecular weight excluding hydrogens is 291 g/mol. The van der Waals surface area contributed by atoms with Crippen molar-refractivity contribution in [3.8, 4) is 5.75 Å². The maximum absolute atomic E-state index is 12.4. The number of carbonyl (C=O) groups excluding carboxylic acids is 1. The molecule has 21 heavy (non-hydrogen) atoms. The van der Waals surface area contributed by atoms with E-state index in [0.717, 1.165) is 0 Å². The quantitative estimate of drug-likeness (QED) is 0.778. The number of halogens is 3. The zero-order valence-corrected chi connectivity index (χ0v) is 11.0. The first-order valence-corrected chi connectivity index (χ1v) is 6.06. The van der Waals surface area contributed by atoms with E-state index in [2.05, 4.69) is 0 Å². The van der Waals surface area contributed by atoms with E-state index in [1.54, 1.807) is 5.32 Å². The highest BCUT2D eigenvalue weighted by Gasteiger charge is 2.42. The number of carboxylic acid groups (broad SMARTS) is 1. The highest BCUT2D eigenvalue weighted by molar-refractivity contribution is 5.83. The molecule has 0 spiro atoms. The Bertz CT molecular complexity index is 513. The molecule has 0 heterocycles. The van der Waals surface area contributed by atoms with E-state index in [1.807, 2.05) is 0 Å². The third-order valence-electron chi connectivity index (χ3n) is 2.96. The second-order valence-electron chi connectivity index (χ2n) is 4.39. The number of nitrogens with one attached hydrogen (secondary N) is 1. The van der Waals surface area contributed by atoms with Crippen LogP contribution < -0.4 is 5.32 Å². The molecule has 5 nitrogen and oxygen atoms in total. The summed E-state index contributed by atoms with van der Waals surface area (Å²) >= 11 is 0. The molecule has 0 saturated heterocycles. The molecule has 3 N–H and O–H groups in total. The molecule has 116 valence electrons. The van der Waals surface area contributed by atoms with Crippen LogP contribution in [0.15, 0.2) is 24.3 Å². The van der Waals surface area contributed by atoms with Gasteiger partial charge in [0.15, 0.2) is 0 Å². The number of hydrogen-bond donors (Lipinski definition) is 3. The lowest BCUT2D eigenvalue weighted by Gasteiger charge is -2.25. The van der Waals surface area contributed by atoms with Crippen LogP contribution in [0.3, 0.4) is 0 Å². The predicted octanol–water partition coefficient (Wildman–Crippen LogP) is 2.22. The predicted molar refractivity (Wildman–Crippen MR) is 66.5 cm³/mol. The maximum atomic E-state index is 12.4. The first kappa shape index (κ1) is 16.8. The van der Waals surface area contributed by atoms with Gasteiger partial charge in [0.1, 0.15) is 5.75 Å². The Morgan fingerprint density at radius 1 is 1.24 bits per heavy atom. The number of alkyl halides is 3. The average molecular weight is 305 g/mol. The zero-order valence-electron chi connectivity index (χ0n) is 11.0. The molecule has 1 rings (SSSR count). The third kappa shape index (κ3) is 4.37. The fraction of sp³-hybridized carbons (Fsp3) is 0.385. The Morgan fingerprint density at radius 2 is 1.76 bits per heavy atom. The summed E-state index contributed by atoms with van der Waals surface area (Å²) in [6.07, 6.45) is -5.08. The number of hydrogen-bond acceptors (Lipinski definition) is 3. The smallest absolute Gasteiger partial charge is 0.471 e. The van der Waals surface area contributed by atoms with Crippen molar-refractivity contribution in [1.29, 1.82) is 0 Å². The molecule has 1 aromatic rings. The summed E-state index contributed by atoms with van der Waals surface area (Å²) in [5.74, 6) is -4.87. The minimum absolute atomic E-state index is 0.0268. The van der Waals surface area contributed by atoms with Crippen molar-refractivity contribution in [3.05, 3.63) is 29.8 Å². The summed E-state index contributed by atoms with van der Waals surface area (Å²) in [5.41, 5.74) is 0.166. The number of phenols is 1. The normalized spacial score (nSPS) is 14.3. The molecule has 0 aliphatic heterocycles. The van der Waals surface area contributed by atoms with Crippen molar-refractivity contribution in [2.24, 2.45) is 5.92 Å². The number of benzene rings is 1. The van der Waals surface area contributed by atoms with E-state index >= 15 is 0 Å². The van der Waals surface area contributed by atoms with Crippen LogP contribution in [0.5, 0.6) is 5.75 Å². The van der Waals surface area contributed by atoms with Crippen LogP contribution in [0.1, 0.15) is 24.9 Å². The Hall–Kier alpha value is -2.25. The molecule has 0 aliphatic carbocycles. The second kappa shape index (κ2) is 6.47. The molecule has 0 bridgehead atoms. The largest absolute Gasteiger partial charge is 0.508 e. The van der Waals surface area contributed by atoms with Crippen LogP contribution in [-0.4, -0.2) is 28.3 Å². The molecule has 0 aromatic heterocycles. The standard InChI is InChI=1S/C13H14F3NO4/c1-2-9(11(19)20)10(17-12(21)13(14,15)16)7-3-5-8(18)6-4-7/h3-6,9-10,18H,2H2,1H3,(H,17,21)(H,19,20). The molecule has 1 amide bonds. The Kier molecular flexibility index (Phi) is 5.17. The Labute approximate surface area is 118 Å². The molecule has 8 heteroatoms. The van der Waals surface area contributed by atoms with Crippen molar-refractivity contribution in [2.45, 2.75) is 25.6 Å². The van der Waals surface area contributed by atoms with E-state index in [-0.39, 0.29) is 17.7 Å². The summed E-state index contributed by atoms with van der Waals surface area (Å²) in [6.45, 7) is 1.49. The van der Waals surface area contributed by atoms with Gasteiger partial charge >= 0.3 is 18.1 Å². The van der Waals surface area contributed by atoms with Gasteiger partial charge in [0.25, 0.3) is 0 Å². The van der Waals surface area contributed by atoms with Gasteiger partial charge in [-0.3, -0.25) is 9.59 Å². The van der Waals surface area contributed by atoms with Gasteiger partial charge in [0.2, 0.25) is 0 Å². The minimum atomic E-state index is -5.11. The Balaban J connectivity index is 3.13. The summed E-state index contributed by atoms with van der Waals surface area (Å²) in [6, 6.07) is 3.60. The monoisotopic (exact) mass is 305 g/mol. The fourth-order valence-corrected chi connectivity index (χ4v) is 1.87. The lowest BCUT2D eigenvalue weighted by atomic mass is 9.90. The third-order valence-corrected chi connectivity index (χ3v) is 2.96. The number of carbonyl (C=O) groups is 2. The van der Waals surface area contributed by atoms with Gasteiger partial charge in [-0.05, 0) is 24.1 Å². The molecule has 0 aliphatic rings. The summed E-state index contributed by atoms with van der Waals surface area (Å²) in [5, 5.41) is 20.0. The summed E-state index contributed by atoms with van der Waals surface area (Å²) in [4.78, 5) is 22.2. The molecule has 0 radical (unpaired) electrons. The van der Waals surface area contributed by atoms with Gasteiger partial charge in [0, 0.05) is 0 Å². The van der Waals surface area contributed by atoms with Crippen LogP contribution in [0.2, 0.25) is 0 Å². The van der Waals surface area contributed by atoms with Gasteiger partial charge in [-0.25, -0.2) is 0 Å².